The minimum Gasteiger partial charge on any atom is -0.497 e. The van der Waals surface area contributed by atoms with Crippen LogP contribution in [0.15, 0.2) is 66.7 Å². The number of hydrogen-bond donors (Lipinski definition) is 1. The number of hydrazine groups is 1. The van der Waals surface area contributed by atoms with Gasteiger partial charge in [0.25, 0.3) is 11.8 Å². The van der Waals surface area contributed by atoms with Crippen molar-refractivity contribution in [3.05, 3.63) is 83.4 Å². The van der Waals surface area contributed by atoms with Gasteiger partial charge in [0.15, 0.2) is 0 Å². The number of imide groups is 1. The maximum atomic E-state index is 13.9. The first kappa shape index (κ1) is 25.3. The number of anilines is 1. The summed E-state index contributed by atoms with van der Waals surface area (Å²) in [6.45, 7) is 4.30. The second-order valence-corrected chi connectivity index (χ2v) is 9.17. The SMILES string of the molecule is CCOc1ccc(N2C(=O)[C@H]3[C@@H](C2=O)N(C(=O)c2ccc(C)cc2)N[C@H]3c2cc(OC)ccc2OC)cc1. The fourth-order valence-electron chi connectivity index (χ4n) is 5.06. The first-order valence-electron chi connectivity index (χ1n) is 12.4. The molecule has 0 radical (unpaired) electrons. The third kappa shape index (κ3) is 4.24. The second kappa shape index (κ2) is 10.2. The maximum absolute atomic E-state index is 13.9. The first-order chi connectivity index (χ1) is 18.4. The quantitative estimate of drug-likeness (QED) is 0.480. The highest BCUT2D eigenvalue weighted by Crippen LogP contribution is 2.45. The van der Waals surface area contributed by atoms with Crippen LogP contribution in [0.1, 0.15) is 34.5 Å². The summed E-state index contributed by atoms with van der Waals surface area (Å²) in [7, 11) is 3.07. The molecule has 9 heteroatoms. The standard InChI is InChI=1S/C29H29N3O6/c1-5-38-20-12-10-19(11-13-20)31-28(34)24-25(22-16-21(36-3)14-15-23(22)37-4)30-32(26(24)29(31)35)27(33)18-8-6-17(2)7-9-18/h6-16,24-26,30H,5H2,1-4H3/t24-,25+,26+/m1/s1. The Bertz CT molecular complexity index is 1370. The zero-order valence-electron chi connectivity index (χ0n) is 21.6. The van der Waals surface area contributed by atoms with E-state index in [1.165, 1.54) is 12.1 Å². The molecular formula is C29H29N3O6. The molecule has 3 atom stereocenters. The number of rotatable bonds is 7. The molecule has 2 aliphatic heterocycles. The molecular weight excluding hydrogens is 486 g/mol. The summed E-state index contributed by atoms with van der Waals surface area (Å²) in [5.74, 6) is -0.489. The number of hydrogen-bond acceptors (Lipinski definition) is 7. The van der Waals surface area contributed by atoms with Crippen LogP contribution in [-0.2, 0) is 9.59 Å². The zero-order valence-corrected chi connectivity index (χ0v) is 21.6. The second-order valence-electron chi connectivity index (χ2n) is 9.17. The molecule has 5 rings (SSSR count). The number of carbonyl (C=O) groups is 3. The van der Waals surface area contributed by atoms with Crippen LogP contribution < -0.4 is 24.5 Å². The van der Waals surface area contributed by atoms with Gasteiger partial charge in [-0.3, -0.25) is 19.4 Å². The predicted molar refractivity (Wildman–Crippen MR) is 140 cm³/mol. The number of nitrogens with zero attached hydrogens (tertiary/aromatic N) is 2. The van der Waals surface area contributed by atoms with Crippen LogP contribution in [0.4, 0.5) is 5.69 Å². The monoisotopic (exact) mass is 515 g/mol. The zero-order chi connectivity index (χ0) is 27.0. The predicted octanol–water partition coefficient (Wildman–Crippen LogP) is 3.67. The summed E-state index contributed by atoms with van der Waals surface area (Å²) in [5, 5.41) is 1.29. The molecule has 3 amide bonds. The summed E-state index contributed by atoms with van der Waals surface area (Å²) >= 11 is 0. The Hall–Kier alpha value is -4.37. The number of methoxy groups -OCH3 is 2. The van der Waals surface area contributed by atoms with Gasteiger partial charge in [0.2, 0.25) is 5.91 Å². The van der Waals surface area contributed by atoms with Crippen LogP contribution in [0.5, 0.6) is 17.2 Å². The normalized spacial score (nSPS) is 20.5. The average molecular weight is 516 g/mol. The Morgan fingerprint density at radius 1 is 0.895 bits per heavy atom. The summed E-state index contributed by atoms with van der Waals surface area (Å²) in [6.07, 6.45) is 0. The Kier molecular flexibility index (Phi) is 6.77. The van der Waals surface area contributed by atoms with E-state index in [-0.39, 0.29) is 0 Å². The lowest BCUT2D eigenvalue weighted by Gasteiger charge is -2.26. The molecule has 2 fully saturated rings. The highest BCUT2D eigenvalue weighted by Gasteiger charge is 2.60. The Morgan fingerprint density at radius 2 is 1.58 bits per heavy atom. The molecule has 3 aromatic carbocycles. The average Bonchev–Trinajstić information content (AvgIpc) is 3.45. The molecule has 2 heterocycles. The summed E-state index contributed by atoms with van der Waals surface area (Å²) in [5.41, 5.74) is 5.59. The van der Waals surface area contributed by atoms with Gasteiger partial charge in [-0.05, 0) is 68.4 Å². The molecule has 196 valence electrons. The van der Waals surface area contributed by atoms with Crippen LogP contribution in [-0.4, -0.2) is 49.6 Å². The van der Waals surface area contributed by atoms with Gasteiger partial charge in [0, 0.05) is 11.1 Å². The third-order valence-electron chi connectivity index (χ3n) is 6.93. The number of nitrogens with one attached hydrogen (secondary N) is 1. The Morgan fingerprint density at radius 3 is 2.21 bits per heavy atom. The van der Waals surface area contributed by atoms with Gasteiger partial charge in [-0.25, -0.2) is 10.3 Å². The Labute approximate surface area is 220 Å². The molecule has 3 aromatic rings. The van der Waals surface area contributed by atoms with Crippen molar-refractivity contribution in [1.82, 2.24) is 10.4 Å². The molecule has 2 aliphatic rings. The van der Waals surface area contributed by atoms with Gasteiger partial charge < -0.3 is 14.2 Å². The van der Waals surface area contributed by atoms with Crippen molar-refractivity contribution < 1.29 is 28.6 Å². The van der Waals surface area contributed by atoms with E-state index in [4.69, 9.17) is 14.2 Å². The van der Waals surface area contributed by atoms with Gasteiger partial charge in [-0.15, -0.1) is 0 Å². The molecule has 38 heavy (non-hydrogen) atoms. The van der Waals surface area contributed by atoms with E-state index in [2.05, 4.69) is 5.43 Å². The molecule has 0 unspecified atom stereocenters. The van der Waals surface area contributed by atoms with Gasteiger partial charge in [0.05, 0.1) is 38.5 Å². The largest absolute Gasteiger partial charge is 0.497 e. The highest BCUT2D eigenvalue weighted by molar-refractivity contribution is 6.25. The minimum atomic E-state index is -1.05. The van der Waals surface area contributed by atoms with Gasteiger partial charge in [-0.2, -0.15) is 0 Å². The van der Waals surface area contributed by atoms with Gasteiger partial charge >= 0.3 is 0 Å². The molecule has 0 spiro atoms. The minimum absolute atomic E-state index is 0.403. The lowest BCUT2D eigenvalue weighted by molar-refractivity contribution is -0.123. The number of carbonyl (C=O) groups excluding carboxylic acids is 3. The summed E-state index contributed by atoms with van der Waals surface area (Å²) in [4.78, 5) is 42.6. The van der Waals surface area contributed by atoms with Gasteiger partial charge in [0.1, 0.15) is 23.3 Å². The van der Waals surface area contributed by atoms with Crippen LogP contribution >= 0.6 is 0 Å². The van der Waals surface area contributed by atoms with E-state index in [1.54, 1.807) is 61.7 Å². The van der Waals surface area contributed by atoms with E-state index < -0.39 is 35.7 Å². The summed E-state index contributed by atoms with van der Waals surface area (Å²) < 4.78 is 16.5. The van der Waals surface area contributed by atoms with Gasteiger partial charge in [-0.1, -0.05) is 17.7 Å². The van der Waals surface area contributed by atoms with Crippen molar-refractivity contribution >= 4 is 23.4 Å². The number of benzene rings is 3. The molecule has 2 saturated heterocycles. The number of amides is 3. The van der Waals surface area contributed by atoms with Crippen LogP contribution in [0.25, 0.3) is 0 Å². The smallest absolute Gasteiger partial charge is 0.268 e. The maximum Gasteiger partial charge on any atom is 0.268 e. The van der Waals surface area contributed by atoms with Crippen molar-refractivity contribution in [3.8, 4) is 17.2 Å². The van der Waals surface area contributed by atoms with Crippen LogP contribution in [0.3, 0.4) is 0 Å². The molecule has 0 bridgehead atoms. The lowest BCUT2D eigenvalue weighted by atomic mass is 9.90. The summed E-state index contributed by atoms with van der Waals surface area (Å²) in [6, 6.07) is 17.3. The molecule has 0 saturated carbocycles. The fraction of sp³-hybridized carbons (Fsp3) is 0.276. The lowest BCUT2D eigenvalue weighted by Crippen LogP contribution is -2.48. The highest BCUT2D eigenvalue weighted by atomic mass is 16.5. The van der Waals surface area contributed by atoms with Crippen molar-refractivity contribution in [2.75, 3.05) is 25.7 Å². The van der Waals surface area contributed by atoms with Crippen molar-refractivity contribution in [2.24, 2.45) is 5.92 Å². The topological polar surface area (TPSA) is 97.4 Å². The third-order valence-corrected chi connectivity index (χ3v) is 6.93. The number of ether oxygens (including phenoxy) is 3. The van der Waals surface area contributed by atoms with Crippen molar-refractivity contribution in [1.29, 1.82) is 0 Å². The van der Waals surface area contributed by atoms with Crippen molar-refractivity contribution in [3.63, 3.8) is 0 Å². The molecule has 1 N–H and O–H groups in total. The van der Waals surface area contributed by atoms with E-state index in [0.717, 1.165) is 10.5 Å². The molecule has 0 aliphatic carbocycles. The van der Waals surface area contributed by atoms with E-state index in [1.807, 2.05) is 26.0 Å². The molecule has 0 aromatic heterocycles. The Balaban J connectivity index is 1.59. The van der Waals surface area contributed by atoms with Crippen molar-refractivity contribution in [2.45, 2.75) is 25.9 Å². The van der Waals surface area contributed by atoms with E-state index in [9.17, 15) is 14.4 Å². The van der Waals surface area contributed by atoms with Crippen LogP contribution in [0.2, 0.25) is 0 Å². The van der Waals surface area contributed by atoms with Crippen LogP contribution in [0, 0.1) is 12.8 Å². The number of aryl methyl sites for hydroxylation is 1. The van der Waals surface area contributed by atoms with E-state index in [0.29, 0.717) is 40.7 Å². The number of fused-ring (bicyclic) bond motifs is 1. The first-order valence-corrected chi connectivity index (χ1v) is 12.4. The molecule has 9 nitrogen and oxygen atoms in total. The fourth-order valence-corrected chi connectivity index (χ4v) is 5.06. The van der Waals surface area contributed by atoms with E-state index >= 15 is 0 Å².